The highest BCUT2D eigenvalue weighted by Crippen LogP contribution is 2.40. The van der Waals surface area contributed by atoms with Crippen molar-refractivity contribution in [2.75, 3.05) is 6.54 Å². The van der Waals surface area contributed by atoms with Crippen molar-refractivity contribution in [3.8, 4) is 6.07 Å². The fourth-order valence-electron chi connectivity index (χ4n) is 3.20. The van der Waals surface area contributed by atoms with Crippen LogP contribution in [-0.4, -0.2) is 21.6 Å². The van der Waals surface area contributed by atoms with Gasteiger partial charge in [0.15, 0.2) is 5.82 Å². The van der Waals surface area contributed by atoms with E-state index in [4.69, 9.17) is 4.52 Å². The van der Waals surface area contributed by atoms with E-state index >= 15 is 0 Å². The molecule has 1 aromatic heterocycles. The van der Waals surface area contributed by atoms with Crippen molar-refractivity contribution in [3.63, 3.8) is 0 Å². The van der Waals surface area contributed by atoms with Gasteiger partial charge in [-0.1, -0.05) is 11.2 Å². The summed E-state index contributed by atoms with van der Waals surface area (Å²) in [4.78, 5) is 6.80. The second kappa shape index (κ2) is 5.74. The molecular formula is C17H17FN4O. The lowest BCUT2D eigenvalue weighted by atomic mass is 10.1. The van der Waals surface area contributed by atoms with Crippen molar-refractivity contribution < 1.29 is 8.91 Å². The minimum Gasteiger partial charge on any atom is -0.339 e. The first kappa shape index (κ1) is 14.3. The van der Waals surface area contributed by atoms with Crippen LogP contribution in [0, 0.1) is 17.1 Å². The van der Waals surface area contributed by atoms with Gasteiger partial charge in [0.25, 0.3) is 0 Å². The number of nitriles is 1. The maximum Gasteiger partial charge on any atom is 0.229 e. The zero-order valence-corrected chi connectivity index (χ0v) is 12.7. The molecule has 4 rings (SSSR count). The topological polar surface area (TPSA) is 66.0 Å². The first-order chi connectivity index (χ1) is 11.2. The highest BCUT2D eigenvalue weighted by molar-refractivity contribution is 5.38. The number of rotatable bonds is 4. The first-order valence-electron chi connectivity index (χ1n) is 8.00. The Balaban J connectivity index is 1.54. The van der Waals surface area contributed by atoms with Crippen LogP contribution in [0.1, 0.15) is 60.5 Å². The maximum atomic E-state index is 13.3. The third-order valence-corrected chi connectivity index (χ3v) is 4.61. The molecule has 2 aliphatic rings. The third-order valence-electron chi connectivity index (χ3n) is 4.61. The molecule has 1 aromatic carbocycles. The van der Waals surface area contributed by atoms with Gasteiger partial charge in [-0.05, 0) is 49.9 Å². The molecule has 1 unspecified atom stereocenters. The standard InChI is InChI=1S/C17H17FN4O/c18-14-6-5-12(13(8-14)9-19)10-22-7-1-2-15(22)16-20-17(23-21-16)11-3-4-11/h5-6,8,11,15H,1-4,7,10H2. The summed E-state index contributed by atoms with van der Waals surface area (Å²) in [6.07, 6.45) is 4.31. The monoisotopic (exact) mass is 312 g/mol. The van der Waals surface area contributed by atoms with Crippen LogP contribution in [0.25, 0.3) is 0 Å². The van der Waals surface area contributed by atoms with Gasteiger partial charge in [-0.2, -0.15) is 10.2 Å². The zero-order chi connectivity index (χ0) is 15.8. The zero-order valence-electron chi connectivity index (χ0n) is 12.7. The lowest BCUT2D eigenvalue weighted by Crippen LogP contribution is -2.24. The average molecular weight is 312 g/mol. The third kappa shape index (κ3) is 2.84. The minimum atomic E-state index is -0.379. The average Bonchev–Trinajstić information content (AvgIpc) is 3.11. The molecule has 2 heterocycles. The highest BCUT2D eigenvalue weighted by atomic mass is 19.1. The molecule has 1 saturated heterocycles. The molecule has 6 heteroatoms. The number of likely N-dealkylation sites (tertiary alicyclic amines) is 1. The summed E-state index contributed by atoms with van der Waals surface area (Å²) >= 11 is 0. The molecule has 5 nitrogen and oxygen atoms in total. The Kier molecular flexibility index (Phi) is 3.58. The van der Waals surface area contributed by atoms with Gasteiger partial charge < -0.3 is 4.52 Å². The molecule has 23 heavy (non-hydrogen) atoms. The van der Waals surface area contributed by atoms with Gasteiger partial charge in [-0.3, -0.25) is 4.90 Å². The molecule has 2 aromatic rings. The Labute approximate surface area is 133 Å². The van der Waals surface area contributed by atoms with Crippen molar-refractivity contribution in [2.24, 2.45) is 0 Å². The number of aromatic nitrogens is 2. The van der Waals surface area contributed by atoms with Crippen LogP contribution in [0.5, 0.6) is 0 Å². The summed E-state index contributed by atoms with van der Waals surface area (Å²) in [5.41, 5.74) is 1.23. The summed E-state index contributed by atoms with van der Waals surface area (Å²) < 4.78 is 18.6. The van der Waals surface area contributed by atoms with Crippen LogP contribution in [0.4, 0.5) is 4.39 Å². The van der Waals surface area contributed by atoms with Gasteiger partial charge in [0.1, 0.15) is 5.82 Å². The molecule has 0 amide bonds. The molecule has 2 fully saturated rings. The lowest BCUT2D eigenvalue weighted by Gasteiger charge is -2.22. The molecule has 1 aliphatic heterocycles. The Morgan fingerprint density at radius 1 is 1.35 bits per heavy atom. The molecule has 1 atom stereocenters. The summed E-state index contributed by atoms with van der Waals surface area (Å²) in [5.74, 6) is 1.57. The fourth-order valence-corrected chi connectivity index (χ4v) is 3.20. The van der Waals surface area contributed by atoms with Gasteiger partial charge in [0, 0.05) is 12.5 Å². The van der Waals surface area contributed by atoms with Crippen molar-refractivity contribution in [3.05, 3.63) is 46.9 Å². The van der Waals surface area contributed by atoms with E-state index in [-0.39, 0.29) is 11.9 Å². The van der Waals surface area contributed by atoms with Crippen LogP contribution >= 0.6 is 0 Å². The number of halogens is 1. The summed E-state index contributed by atoms with van der Waals surface area (Å²) in [6, 6.07) is 6.57. The Hall–Kier alpha value is -2.26. The normalized spacial score (nSPS) is 21.5. The lowest BCUT2D eigenvalue weighted by molar-refractivity contribution is 0.234. The SMILES string of the molecule is N#Cc1cc(F)ccc1CN1CCCC1c1noc(C2CC2)n1. The van der Waals surface area contributed by atoms with Crippen molar-refractivity contribution in [2.45, 2.75) is 44.2 Å². The van der Waals surface area contributed by atoms with E-state index < -0.39 is 0 Å². The van der Waals surface area contributed by atoms with Gasteiger partial charge in [-0.25, -0.2) is 4.39 Å². The molecular weight excluding hydrogens is 295 g/mol. The van der Waals surface area contributed by atoms with E-state index in [0.29, 0.717) is 18.0 Å². The largest absolute Gasteiger partial charge is 0.339 e. The van der Waals surface area contributed by atoms with E-state index in [1.807, 2.05) is 0 Å². The molecule has 0 radical (unpaired) electrons. The number of hydrogen-bond donors (Lipinski definition) is 0. The Morgan fingerprint density at radius 2 is 2.22 bits per heavy atom. The summed E-state index contributed by atoms with van der Waals surface area (Å²) in [7, 11) is 0. The molecule has 1 aliphatic carbocycles. The smallest absolute Gasteiger partial charge is 0.229 e. The summed E-state index contributed by atoms with van der Waals surface area (Å²) in [5, 5.41) is 13.4. The quantitative estimate of drug-likeness (QED) is 0.866. The van der Waals surface area contributed by atoms with Crippen LogP contribution in [0.15, 0.2) is 22.7 Å². The number of nitrogens with zero attached hydrogens (tertiary/aromatic N) is 4. The number of hydrogen-bond acceptors (Lipinski definition) is 5. The van der Waals surface area contributed by atoms with Gasteiger partial charge >= 0.3 is 0 Å². The van der Waals surface area contributed by atoms with Crippen LogP contribution in [0.3, 0.4) is 0 Å². The van der Waals surface area contributed by atoms with Crippen LogP contribution in [-0.2, 0) is 6.54 Å². The van der Waals surface area contributed by atoms with E-state index in [1.54, 1.807) is 6.07 Å². The van der Waals surface area contributed by atoms with E-state index in [9.17, 15) is 9.65 Å². The fraction of sp³-hybridized carbons (Fsp3) is 0.471. The molecule has 0 N–H and O–H groups in total. The first-order valence-corrected chi connectivity index (χ1v) is 8.00. The molecule has 0 spiro atoms. The Bertz CT molecular complexity index is 762. The van der Waals surface area contributed by atoms with Crippen LogP contribution in [0.2, 0.25) is 0 Å². The predicted molar refractivity (Wildman–Crippen MR) is 79.8 cm³/mol. The van der Waals surface area contributed by atoms with Crippen molar-refractivity contribution in [1.29, 1.82) is 5.26 Å². The molecule has 1 saturated carbocycles. The van der Waals surface area contributed by atoms with Crippen molar-refractivity contribution >= 4 is 0 Å². The van der Waals surface area contributed by atoms with Gasteiger partial charge in [0.05, 0.1) is 17.7 Å². The summed E-state index contributed by atoms with van der Waals surface area (Å²) in [6.45, 7) is 1.52. The highest BCUT2D eigenvalue weighted by Gasteiger charge is 2.34. The van der Waals surface area contributed by atoms with Crippen molar-refractivity contribution in [1.82, 2.24) is 15.0 Å². The second-order valence-electron chi connectivity index (χ2n) is 6.31. The number of benzene rings is 1. The van der Waals surface area contributed by atoms with Gasteiger partial charge in [0.2, 0.25) is 5.89 Å². The molecule has 0 bridgehead atoms. The maximum absolute atomic E-state index is 13.3. The van der Waals surface area contributed by atoms with E-state index in [1.165, 1.54) is 12.1 Å². The Morgan fingerprint density at radius 3 is 3.00 bits per heavy atom. The van der Waals surface area contributed by atoms with Gasteiger partial charge in [-0.15, -0.1) is 0 Å². The van der Waals surface area contributed by atoms with Crippen LogP contribution < -0.4 is 0 Å². The van der Waals surface area contributed by atoms with E-state index in [2.05, 4.69) is 21.1 Å². The predicted octanol–water partition coefficient (Wildman–Crippen LogP) is 3.29. The van der Waals surface area contributed by atoms with E-state index in [0.717, 1.165) is 49.5 Å². The minimum absolute atomic E-state index is 0.114. The molecule has 118 valence electrons. The second-order valence-corrected chi connectivity index (χ2v) is 6.31.